The lowest BCUT2D eigenvalue weighted by atomic mass is 9.72. The molecule has 38 heavy (non-hydrogen) atoms. The second-order valence-corrected chi connectivity index (χ2v) is 9.32. The van der Waals surface area contributed by atoms with E-state index >= 15 is 0 Å². The molecule has 0 atom stereocenters. The molecule has 0 unspecified atom stereocenters. The van der Waals surface area contributed by atoms with Gasteiger partial charge in [0.15, 0.2) is 0 Å². The number of carbonyl (C=O) groups is 4. The summed E-state index contributed by atoms with van der Waals surface area (Å²) >= 11 is 0. The van der Waals surface area contributed by atoms with Crippen LogP contribution in [-0.2, 0) is 27.3 Å². The summed E-state index contributed by atoms with van der Waals surface area (Å²) in [6, 6.07) is 2.76. The maximum Gasteiger partial charge on any atom is 0.314 e. The molecule has 2 heterocycles. The van der Waals surface area contributed by atoms with Crippen LogP contribution in [0.3, 0.4) is 0 Å². The second kappa shape index (κ2) is 9.72. The second-order valence-electron chi connectivity index (χ2n) is 9.32. The van der Waals surface area contributed by atoms with Crippen molar-refractivity contribution in [2.45, 2.75) is 57.0 Å². The van der Waals surface area contributed by atoms with E-state index < -0.39 is 65.7 Å². The minimum absolute atomic E-state index is 0.0641. The highest BCUT2D eigenvalue weighted by Crippen LogP contribution is 2.45. The van der Waals surface area contributed by atoms with Crippen LogP contribution in [0.25, 0.3) is 0 Å². The molecule has 9 nitrogen and oxygen atoms in total. The summed E-state index contributed by atoms with van der Waals surface area (Å²) in [4.78, 5) is 50.5. The van der Waals surface area contributed by atoms with Crippen molar-refractivity contribution in [2.75, 3.05) is 17.7 Å². The van der Waals surface area contributed by atoms with E-state index in [1.165, 1.54) is 14.0 Å². The number of fused-ring (bicyclic) bond motifs is 1. The van der Waals surface area contributed by atoms with E-state index in [9.17, 15) is 41.1 Å². The molecule has 0 radical (unpaired) electrons. The van der Waals surface area contributed by atoms with Gasteiger partial charge in [-0.05, 0) is 38.0 Å². The zero-order valence-corrected chi connectivity index (χ0v) is 20.3. The van der Waals surface area contributed by atoms with Gasteiger partial charge in [0.25, 0.3) is 18.3 Å². The third kappa shape index (κ3) is 4.82. The van der Waals surface area contributed by atoms with E-state index in [2.05, 4.69) is 21.3 Å². The Labute approximate surface area is 213 Å². The lowest BCUT2D eigenvalue weighted by Crippen LogP contribution is -2.70. The number of nitrogens with one attached hydrogen (secondary N) is 4. The Bertz CT molecular complexity index is 1330. The average Bonchev–Trinajstić information content (AvgIpc) is 3.39. The first kappa shape index (κ1) is 27.1. The number of anilines is 2. The molecule has 1 aromatic carbocycles. The van der Waals surface area contributed by atoms with Crippen molar-refractivity contribution in [3.05, 3.63) is 46.4 Å². The molecule has 1 saturated carbocycles. The molecule has 2 aliphatic rings. The molecular formula is C24H24F5N5O4. The molecule has 1 aliphatic carbocycles. The highest BCUT2D eigenvalue weighted by Gasteiger charge is 2.61. The molecule has 4 amide bonds. The number of hydrogen-bond donors (Lipinski definition) is 4. The highest BCUT2D eigenvalue weighted by atomic mass is 19.3. The zero-order valence-electron chi connectivity index (χ0n) is 20.3. The third-order valence-electron chi connectivity index (χ3n) is 6.70. The number of hydrogen-bond acceptors (Lipinski definition) is 4. The fourth-order valence-corrected chi connectivity index (χ4v) is 4.98. The normalized spacial score (nSPS) is 16.8. The van der Waals surface area contributed by atoms with Gasteiger partial charge < -0.3 is 25.8 Å². The van der Waals surface area contributed by atoms with Gasteiger partial charge in [-0.3, -0.25) is 19.2 Å². The number of likely N-dealkylation sites (N-methyl/N-ethyl adjacent to an activating group) is 1. The first-order valence-electron chi connectivity index (χ1n) is 11.6. The molecule has 1 aromatic heterocycles. The Morgan fingerprint density at radius 1 is 1.05 bits per heavy atom. The molecule has 204 valence electrons. The van der Waals surface area contributed by atoms with E-state index in [4.69, 9.17) is 0 Å². The van der Waals surface area contributed by atoms with Crippen LogP contribution >= 0.6 is 0 Å². The summed E-state index contributed by atoms with van der Waals surface area (Å²) in [6.07, 6.45) is -3.97. The molecule has 1 fully saturated rings. The molecule has 14 heteroatoms. The topological polar surface area (TPSA) is 121 Å². The number of halogens is 5. The van der Waals surface area contributed by atoms with E-state index in [-0.39, 0.29) is 22.6 Å². The van der Waals surface area contributed by atoms with E-state index in [0.717, 1.165) is 18.2 Å². The van der Waals surface area contributed by atoms with E-state index in [1.807, 2.05) is 0 Å². The SMILES string of the molecule is CNC(=O)C1(NC(=O)C(=O)Nc2c(C)c(C(=O)Nc3ccc(F)c(C(F)F)c3)c3n2CCC3)CC(F)(F)C1. The smallest absolute Gasteiger partial charge is 0.314 e. The van der Waals surface area contributed by atoms with Crippen LogP contribution in [0.5, 0.6) is 0 Å². The van der Waals surface area contributed by atoms with Gasteiger partial charge in [-0.15, -0.1) is 0 Å². The van der Waals surface area contributed by atoms with Crippen LogP contribution in [0.1, 0.15) is 52.9 Å². The quantitative estimate of drug-likeness (QED) is 0.332. The standard InChI is InChI=1S/C24H24F5N5O4/c1-11-16(19(35)31-12-5-6-14(25)13(8-12)17(26)27)15-4-3-7-34(15)18(11)32-20(36)21(37)33-23(22(38)30-2)9-24(28,29)10-23/h5-6,8,17H,3-4,7,9-10H2,1-2H3,(H,30,38)(H,31,35)(H,32,36)(H,33,37). The molecule has 2 aromatic rings. The average molecular weight is 541 g/mol. The fourth-order valence-electron chi connectivity index (χ4n) is 4.98. The molecule has 0 spiro atoms. The lowest BCUT2D eigenvalue weighted by molar-refractivity contribution is -0.166. The number of nitrogens with zero attached hydrogens (tertiary/aromatic N) is 1. The van der Waals surface area contributed by atoms with Crippen molar-refractivity contribution in [1.29, 1.82) is 0 Å². The van der Waals surface area contributed by atoms with Crippen LogP contribution in [0.15, 0.2) is 18.2 Å². The monoisotopic (exact) mass is 541 g/mol. The predicted molar refractivity (Wildman–Crippen MR) is 125 cm³/mol. The minimum Gasteiger partial charge on any atom is -0.357 e. The third-order valence-corrected chi connectivity index (χ3v) is 6.70. The van der Waals surface area contributed by atoms with Gasteiger partial charge in [-0.2, -0.15) is 0 Å². The Hall–Kier alpha value is -3.97. The van der Waals surface area contributed by atoms with Crippen molar-refractivity contribution in [2.24, 2.45) is 0 Å². The number of amides is 4. The summed E-state index contributed by atoms with van der Waals surface area (Å²) < 4.78 is 68.4. The van der Waals surface area contributed by atoms with E-state index in [1.54, 1.807) is 4.57 Å². The lowest BCUT2D eigenvalue weighted by Gasteiger charge is -2.45. The molecule has 0 saturated heterocycles. The molecule has 1 aliphatic heterocycles. The van der Waals surface area contributed by atoms with Gasteiger partial charge in [0.2, 0.25) is 5.91 Å². The summed E-state index contributed by atoms with van der Waals surface area (Å²) in [7, 11) is 1.22. The Balaban J connectivity index is 1.54. The maximum absolute atomic E-state index is 13.6. The van der Waals surface area contributed by atoms with Crippen molar-refractivity contribution >= 4 is 35.1 Å². The summed E-state index contributed by atoms with van der Waals surface area (Å²) in [5, 5.41) is 9.15. The van der Waals surface area contributed by atoms with Crippen LogP contribution in [0, 0.1) is 12.7 Å². The number of benzene rings is 1. The number of carbonyl (C=O) groups excluding carboxylic acids is 4. The van der Waals surface area contributed by atoms with Crippen LogP contribution in [0.2, 0.25) is 0 Å². The number of rotatable bonds is 6. The summed E-state index contributed by atoms with van der Waals surface area (Å²) in [5.41, 5.74) is -1.94. The molecular weight excluding hydrogens is 517 g/mol. The summed E-state index contributed by atoms with van der Waals surface area (Å²) in [6.45, 7) is 1.89. The van der Waals surface area contributed by atoms with Crippen LogP contribution in [-0.4, -0.2) is 46.7 Å². The fraction of sp³-hybridized carbons (Fsp3) is 0.417. The maximum atomic E-state index is 13.6. The largest absolute Gasteiger partial charge is 0.357 e. The van der Waals surface area contributed by atoms with Gasteiger partial charge in [0.1, 0.15) is 17.2 Å². The van der Waals surface area contributed by atoms with E-state index in [0.29, 0.717) is 25.1 Å². The van der Waals surface area contributed by atoms with Gasteiger partial charge in [0, 0.05) is 43.4 Å². The number of aromatic nitrogens is 1. The highest BCUT2D eigenvalue weighted by molar-refractivity contribution is 6.40. The minimum atomic E-state index is -3.17. The van der Waals surface area contributed by atoms with Crippen molar-refractivity contribution < 1.29 is 41.1 Å². The number of alkyl halides is 4. The molecule has 4 N–H and O–H groups in total. The predicted octanol–water partition coefficient (Wildman–Crippen LogP) is 3.04. The van der Waals surface area contributed by atoms with Crippen molar-refractivity contribution in [3.8, 4) is 0 Å². The van der Waals surface area contributed by atoms with Crippen molar-refractivity contribution in [1.82, 2.24) is 15.2 Å². The van der Waals surface area contributed by atoms with Crippen molar-refractivity contribution in [3.63, 3.8) is 0 Å². The Morgan fingerprint density at radius 2 is 1.74 bits per heavy atom. The summed E-state index contributed by atoms with van der Waals surface area (Å²) in [5.74, 6) is -8.27. The molecule has 4 rings (SSSR count). The van der Waals surface area contributed by atoms with Gasteiger partial charge in [0.05, 0.1) is 11.1 Å². The first-order valence-corrected chi connectivity index (χ1v) is 11.6. The van der Waals surface area contributed by atoms with Crippen LogP contribution in [0.4, 0.5) is 33.5 Å². The molecule has 0 bridgehead atoms. The van der Waals surface area contributed by atoms with Crippen LogP contribution < -0.4 is 21.3 Å². The van der Waals surface area contributed by atoms with Gasteiger partial charge >= 0.3 is 11.8 Å². The Morgan fingerprint density at radius 3 is 2.34 bits per heavy atom. The Kier molecular flexibility index (Phi) is 6.93. The first-order chi connectivity index (χ1) is 17.8. The van der Waals surface area contributed by atoms with Gasteiger partial charge in [-0.1, -0.05) is 0 Å². The zero-order chi connectivity index (χ0) is 28.0. The van der Waals surface area contributed by atoms with Gasteiger partial charge in [-0.25, -0.2) is 22.0 Å².